The first-order valence-corrected chi connectivity index (χ1v) is 13.7. The molecule has 5 rings (SSSR count). The van der Waals surface area contributed by atoms with Crippen LogP contribution in [0.25, 0.3) is 11.1 Å². The summed E-state index contributed by atoms with van der Waals surface area (Å²) in [6, 6.07) is 42.8. The molecule has 1 N–H and O–H groups in total. The van der Waals surface area contributed by atoms with Crippen LogP contribution in [-0.4, -0.2) is 11.4 Å². The topological polar surface area (TPSA) is 32.7 Å². The Labute approximate surface area is 237 Å². The number of rotatable bonds is 10. The Bertz CT molecular complexity index is 1520. The first kappa shape index (κ1) is 27.0. The summed E-state index contributed by atoms with van der Waals surface area (Å²) in [5.41, 5.74) is 10.8. The predicted octanol–water partition coefficient (Wildman–Crippen LogP) is 9.11. The van der Waals surface area contributed by atoms with Crippen LogP contribution in [0, 0.1) is 13.8 Å². The molecule has 0 radical (unpaired) electrons. The van der Waals surface area contributed by atoms with Crippen molar-refractivity contribution in [1.29, 1.82) is 0 Å². The van der Waals surface area contributed by atoms with Gasteiger partial charge in [0.15, 0.2) is 0 Å². The Hall–Kier alpha value is -4.60. The first-order chi connectivity index (χ1) is 19.5. The molecule has 200 valence electrons. The van der Waals surface area contributed by atoms with Crippen LogP contribution in [-0.2, 0) is 12.8 Å². The van der Waals surface area contributed by atoms with Crippen molar-refractivity contribution in [2.75, 3.05) is 4.90 Å². The van der Waals surface area contributed by atoms with Crippen molar-refractivity contribution in [3.8, 4) is 16.9 Å². The number of anilines is 3. The first-order valence-electron chi connectivity index (χ1n) is 13.7. The van der Waals surface area contributed by atoms with E-state index in [1.807, 2.05) is 24.3 Å². The summed E-state index contributed by atoms with van der Waals surface area (Å²) in [5, 5.41) is 9.58. The fourth-order valence-electron chi connectivity index (χ4n) is 4.71. The number of hydrogen-bond acceptors (Lipinski definition) is 3. The van der Waals surface area contributed by atoms with Crippen LogP contribution >= 0.6 is 0 Å². The van der Waals surface area contributed by atoms with E-state index in [4.69, 9.17) is 4.74 Å². The summed E-state index contributed by atoms with van der Waals surface area (Å²) in [4.78, 5) is 2.30. The second-order valence-electron chi connectivity index (χ2n) is 10.1. The van der Waals surface area contributed by atoms with E-state index in [1.165, 1.54) is 39.5 Å². The molecular formula is C37H35NO2. The van der Waals surface area contributed by atoms with Crippen LogP contribution in [0.2, 0.25) is 0 Å². The highest BCUT2D eigenvalue weighted by molar-refractivity contribution is 5.78. The van der Waals surface area contributed by atoms with Crippen LogP contribution < -0.4 is 9.64 Å². The lowest BCUT2D eigenvalue weighted by Gasteiger charge is -2.26. The molecule has 0 spiro atoms. The van der Waals surface area contributed by atoms with E-state index in [0.717, 1.165) is 29.9 Å². The second kappa shape index (κ2) is 12.5. The Morgan fingerprint density at radius 1 is 0.600 bits per heavy atom. The summed E-state index contributed by atoms with van der Waals surface area (Å²) in [5.74, 6) is 0.628. The van der Waals surface area contributed by atoms with E-state index in [2.05, 4.69) is 122 Å². The van der Waals surface area contributed by atoms with Gasteiger partial charge in [-0.25, -0.2) is 0 Å². The largest absolute Gasteiger partial charge is 0.461 e. The van der Waals surface area contributed by atoms with Crippen molar-refractivity contribution < 1.29 is 9.84 Å². The molecule has 0 bridgehead atoms. The zero-order valence-electron chi connectivity index (χ0n) is 23.1. The maximum Gasteiger partial charge on any atom is 0.216 e. The van der Waals surface area contributed by atoms with Crippen LogP contribution in [0.15, 0.2) is 134 Å². The molecule has 0 aliphatic rings. The molecule has 0 aromatic heterocycles. The summed E-state index contributed by atoms with van der Waals surface area (Å²) >= 11 is 0. The number of aryl methyl sites for hydroxylation is 4. The smallest absolute Gasteiger partial charge is 0.216 e. The van der Waals surface area contributed by atoms with Gasteiger partial charge in [0, 0.05) is 17.1 Å². The SMILES string of the molecule is C=CC(O)Oc1ccc(CCc2ccc(N(c3ccc(C)cc3)c3ccc(-c4ccc(C)cc4)cc3)cc2)cc1. The van der Waals surface area contributed by atoms with E-state index >= 15 is 0 Å². The van der Waals surface area contributed by atoms with Gasteiger partial charge in [0.25, 0.3) is 0 Å². The van der Waals surface area contributed by atoms with Gasteiger partial charge < -0.3 is 14.7 Å². The number of ether oxygens (including phenoxy) is 1. The molecule has 3 nitrogen and oxygen atoms in total. The highest BCUT2D eigenvalue weighted by Crippen LogP contribution is 2.36. The second-order valence-corrected chi connectivity index (χ2v) is 10.1. The maximum absolute atomic E-state index is 9.58. The van der Waals surface area contributed by atoms with Crippen LogP contribution in [0.4, 0.5) is 17.1 Å². The highest BCUT2D eigenvalue weighted by atomic mass is 16.6. The molecule has 0 fully saturated rings. The minimum Gasteiger partial charge on any atom is -0.461 e. The number of aliphatic hydroxyl groups excluding tert-OH is 1. The van der Waals surface area contributed by atoms with Crippen molar-refractivity contribution in [2.45, 2.75) is 33.0 Å². The molecular weight excluding hydrogens is 490 g/mol. The maximum atomic E-state index is 9.58. The zero-order chi connectivity index (χ0) is 27.9. The van der Waals surface area contributed by atoms with E-state index < -0.39 is 6.29 Å². The number of hydrogen-bond donors (Lipinski definition) is 1. The Morgan fingerprint density at radius 3 is 1.45 bits per heavy atom. The molecule has 1 unspecified atom stereocenters. The molecule has 40 heavy (non-hydrogen) atoms. The minimum atomic E-state index is -0.991. The van der Waals surface area contributed by atoms with Crippen molar-refractivity contribution in [3.63, 3.8) is 0 Å². The fourth-order valence-corrected chi connectivity index (χ4v) is 4.71. The third-order valence-electron chi connectivity index (χ3n) is 7.08. The van der Waals surface area contributed by atoms with E-state index in [1.54, 1.807) is 0 Å². The molecule has 0 amide bonds. The molecule has 5 aromatic carbocycles. The lowest BCUT2D eigenvalue weighted by atomic mass is 10.0. The number of nitrogens with zero attached hydrogens (tertiary/aromatic N) is 1. The van der Waals surface area contributed by atoms with E-state index in [0.29, 0.717) is 5.75 Å². The van der Waals surface area contributed by atoms with Gasteiger partial charge in [0.2, 0.25) is 6.29 Å². The third kappa shape index (κ3) is 6.69. The highest BCUT2D eigenvalue weighted by Gasteiger charge is 2.13. The molecule has 0 saturated carbocycles. The van der Waals surface area contributed by atoms with Crippen molar-refractivity contribution in [2.24, 2.45) is 0 Å². The summed E-state index contributed by atoms with van der Waals surface area (Å²) in [7, 11) is 0. The van der Waals surface area contributed by atoms with Crippen molar-refractivity contribution >= 4 is 17.1 Å². The molecule has 0 aliphatic heterocycles. The van der Waals surface area contributed by atoms with Gasteiger partial charge in [0.05, 0.1) is 0 Å². The Morgan fingerprint density at radius 2 is 0.975 bits per heavy atom. The van der Waals surface area contributed by atoms with Crippen LogP contribution in [0.5, 0.6) is 5.75 Å². The van der Waals surface area contributed by atoms with Gasteiger partial charge in [-0.3, -0.25) is 0 Å². The van der Waals surface area contributed by atoms with Crippen LogP contribution in [0.3, 0.4) is 0 Å². The standard InChI is InChI=1S/C37H35NO2/c1-4-37(39)40-36-25-13-30(14-26-36)10-9-29-11-21-34(22-12-29)38(33-19-7-28(3)8-20-33)35-23-17-32(18-24-35)31-15-5-27(2)6-16-31/h4-8,11-26,37,39H,1,9-10H2,2-3H3. The van der Waals surface area contributed by atoms with Gasteiger partial charge in [-0.1, -0.05) is 90.5 Å². The van der Waals surface area contributed by atoms with E-state index in [-0.39, 0.29) is 0 Å². The van der Waals surface area contributed by atoms with Gasteiger partial charge in [-0.05, 0) is 104 Å². The minimum absolute atomic E-state index is 0.628. The van der Waals surface area contributed by atoms with Gasteiger partial charge >= 0.3 is 0 Å². The van der Waals surface area contributed by atoms with Gasteiger partial charge in [-0.15, -0.1) is 0 Å². The average molecular weight is 526 g/mol. The molecule has 0 saturated heterocycles. The van der Waals surface area contributed by atoms with Crippen molar-refractivity contribution in [3.05, 3.63) is 156 Å². The van der Waals surface area contributed by atoms with Crippen LogP contribution in [0.1, 0.15) is 22.3 Å². The molecule has 1 atom stereocenters. The van der Waals surface area contributed by atoms with Gasteiger partial charge in [-0.2, -0.15) is 0 Å². The fraction of sp³-hybridized carbons (Fsp3) is 0.135. The summed E-state index contributed by atoms with van der Waals surface area (Å²) in [6.07, 6.45) is 2.23. The average Bonchev–Trinajstić information content (AvgIpc) is 2.99. The van der Waals surface area contributed by atoms with Crippen molar-refractivity contribution in [1.82, 2.24) is 0 Å². The summed E-state index contributed by atoms with van der Waals surface area (Å²) < 4.78 is 5.36. The number of benzene rings is 5. The molecule has 5 aromatic rings. The Kier molecular flexibility index (Phi) is 8.44. The summed E-state index contributed by atoms with van der Waals surface area (Å²) in [6.45, 7) is 7.76. The predicted molar refractivity (Wildman–Crippen MR) is 167 cm³/mol. The Balaban J connectivity index is 1.33. The monoisotopic (exact) mass is 525 g/mol. The quantitative estimate of drug-likeness (QED) is 0.146. The third-order valence-corrected chi connectivity index (χ3v) is 7.08. The molecule has 0 heterocycles. The number of aliphatic hydroxyl groups is 1. The zero-order valence-corrected chi connectivity index (χ0v) is 23.1. The van der Waals surface area contributed by atoms with Gasteiger partial charge in [0.1, 0.15) is 5.75 Å². The molecule has 3 heteroatoms. The van der Waals surface area contributed by atoms with E-state index in [9.17, 15) is 5.11 Å². The molecule has 0 aliphatic carbocycles. The lowest BCUT2D eigenvalue weighted by molar-refractivity contribution is 0.0250. The lowest BCUT2D eigenvalue weighted by Crippen LogP contribution is -2.11. The normalized spacial score (nSPS) is 11.6.